The fraction of sp³-hybridized carbons (Fsp3) is 0.286. The van der Waals surface area contributed by atoms with Crippen molar-refractivity contribution < 1.29 is 4.74 Å². The van der Waals surface area contributed by atoms with Crippen LogP contribution in [0.3, 0.4) is 0 Å². The van der Waals surface area contributed by atoms with Crippen LogP contribution in [0.5, 0.6) is 6.01 Å². The van der Waals surface area contributed by atoms with Crippen LogP contribution in [0.2, 0.25) is 5.02 Å². The molecule has 2 aromatic carbocycles. The molecular weight excluding hydrogens is 444 g/mol. The number of nitrogens with zero attached hydrogens (tertiary/aromatic N) is 4. The molecule has 2 aliphatic rings. The molecule has 174 valence electrons. The van der Waals surface area contributed by atoms with Crippen LogP contribution < -0.4 is 9.64 Å². The van der Waals surface area contributed by atoms with Crippen LogP contribution in [-0.2, 0) is 6.42 Å². The van der Waals surface area contributed by atoms with Gasteiger partial charge in [-0.05, 0) is 54.5 Å². The average molecular weight is 473 g/mol. The van der Waals surface area contributed by atoms with Crippen LogP contribution in [0.4, 0.5) is 5.82 Å². The van der Waals surface area contributed by atoms with Gasteiger partial charge in [0.25, 0.3) is 0 Å². The summed E-state index contributed by atoms with van der Waals surface area (Å²) in [5.74, 6) is 0.990. The number of halogens is 1. The lowest BCUT2D eigenvalue weighted by molar-refractivity contribution is 0.328. The molecule has 1 aromatic heterocycles. The van der Waals surface area contributed by atoms with E-state index in [1.807, 2.05) is 25.1 Å². The number of ether oxygens (including phenoxy) is 1. The van der Waals surface area contributed by atoms with Crippen LogP contribution in [0.25, 0.3) is 22.4 Å². The van der Waals surface area contributed by atoms with Crippen molar-refractivity contribution in [1.82, 2.24) is 14.9 Å². The highest BCUT2D eigenvalue weighted by atomic mass is 35.5. The Kier molecular flexibility index (Phi) is 6.29. The van der Waals surface area contributed by atoms with Gasteiger partial charge in [-0.25, -0.2) is 0 Å². The summed E-state index contributed by atoms with van der Waals surface area (Å²) in [6.45, 7) is 9.82. The first-order valence-electron chi connectivity index (χ1n) is 11.7. The largest absolute Gasteiger partial charge is 0.467 e. The molecule has 0 amide bonds. The van der Waals surface area contributed by atoms with Gasteiger partial charge in [-0.1, -0.05) is 54.6 Å². The summed E-state index contributed by atoms with van der Waals surface area (Å²) in [5.41, 5.74) is 5.60. The molecular formula is C28H29ClN4O. The van der Waals surface area contributed by atoms with E-state index in [2.05, 4.69) is 52.8 Å². The molecule has 0 bridgehead atoms. The number of benzene rings is 2. The Balaban J connectivity index is 1.50. The molecule has 1 fully saturated rings. The maximum Gasteiger partial charge on any atom is 0.318 e. The van der Waals surface area contributed by atoms with Gasteiger partial charge in [-0.2, -0.15) is 9.97 Å². The van der Waals surface area contributed by atoms with E-state index in [0.717, 1.165) is 72.0 Å². The lowest BCUT2D eigenvalue weighted by Gasteiger charge is -2.38. The van der Waals surface area contributed by atoms with E-state index in [-0.39, 0.29) is 0 Å². The summed E-state index contributed by atoms with van der Waals surface area (Å²) in [4.78, 5) is 14.2. The van der Waals surface area contributed by atoms with Crippen molar-refractivity contribution >= 4 is 39.8 Å². The number of methoxy groups -OCH3 is 1. The highest BCUT2D eigenvalue weighted by Crippen LogP contribution is 2.39. The summed E-state index contributed by atoms with van der Waals surface area (Å²) in [6.07, 6.45) is 8.09. The van der Waals surface area contributed by atoms with Gasteiger partial charge >= 0.3 is 6.01 Å². The van der Waals surface area contributed by atoms with Crippen LogP contribution >= 0.6 is 11.6 Å². The monoisotopic (exact) mass is 472 g/mol. The zero-order valence-electron chi connectivity index (χ0n) is 19.7. The standard InChI is InChI=1S/C28H29ClN4O/c1-4-7-19(2)32-14-16-33(17-15-32)27-23-13-12-21(18-25(23)30-28(31-27)34-3)22-10-5-8-20-9-6-11-24(29)26(20)22/h4-11,18H,2,12-17H2,1,3H3/b7-4+. The molecule has 1 aliphatic heterocycles. The fourth-order valence-electron chi connectivity index (χ4n) is 4.96. The molecule has 0 N–H and O–H groups in total. The lowest BCUT2D eigenvalue weighted by atomic mass is 9.88. The molecule has 1 saturated heterocycles. The number of hydrogen-bond donors (Lipinski definition) is 0. The SMILES string of the molecule is C=C(/C=C/C)N1CCN(c2nc(OC)nc3c2CCC(c2cccc4cccc(Cl)c24)=C3)CC1. The van der Waals surface area contributed by atoms with Gasteiger partial charge in [0.05, 0.1) is 12.8 Å². The Labute approximate surface area is 206 Å². The Morgan fingerprint density at radius 2 is 1.82 bits per heavy atom. The van der Waals surface area contributed by atoms with E-state index in [9.17, 15) is 0 Å². The molecule has 34 heavy (non-hydrogen) atoms. The van der Waals surface area contributed by atoms with Crippen molar-refractivity contribution in [1.29, 1.82) is 0 Å². The van der Waals surface area contributed by atoms with Gasteiger partial charge in [-0.15, -0.1) is 0 Å². The minimum atomic E-state index is 0.406. The fourth-order valence-corrected chi connectivity index (χ4v) is 5.24. The minimum Gasteiger partial charge on any atom is -0.467 e. The predicted molar refractivity (Wildman–Crippen MR) is 141 cm³/mol. The van der Waals surface area contributed by atoms with Crippen molar-refractivity contribution in [3.05, 3.63) is 82.7 Å². The number of piperazine rings is 1. The molecule has 0 unspecified atom stereocenters. The van der Waals surface area contributed by atoms with Crippen LogP contribution in [-0.4, -0.2) is 48.2 Å². The van der Waals surface area contributed by atoms with E-state index in [0.29, 0.717) is 6.01 Å². The van der Waals surface area contributed by atoms with Gasteiger partial charge in [0.2, 0.25) is 0 Å². The highest BCUT2D eigenvalue weighted by Gasteiger charge is 2.26. The topological polar surface area (TPSA) is 41.5 Å². The van der Waals surface area contributed by atoms with Gasteiger partial charge in [0.1, 0.15) is 5.82 Å². The highest BCUT2D eigenvalue weighted by molar-refractivity contribution is 6.36. The van der Waals surface area contributed by atoms with E-state index in [4.69, 9.17) is 26.3 Å². The smallest absolute Gasteiger partial charge is 0.318 e. The number of anilines is 1. The number of hydrogen-bond acceptors (Lipinski definition) is 5. The first-order chi connectivity index (χ1) is 16.6. The van der Waals surface area contributed by atoms with E-state index < -0.39 is 0 Å². The molecule has 0 atom stereocenters. The molecule has 6 heteroatoms. The van der Waals surface area contributed by atoms with Gasteiger partial charge in [0, 0.05) is 47.8 Å². The van der Waals surface area contributed by atoms with Crippen molar-refractivity contribution in [3.8, 4) is 6.01 Å². The van der Waals surface area contributed by atoms with Crippen molar-refractivity contribution in [2.24, 2.45) is 0 Å². The molecule has 0 spiro atoms. The minimum absolute atomic E-state index is 0.406. The van der Waals surface area contributed by atoms with Crippen LogP contribution in [0, 0.1) is 0 Å². The average Bonchev–Trinajstić information content (AvgIpc) is 2.87. The molecule has 5 nitrogen and oxygen atoms in total. The van der Waals surface area contributed by atoms with Gasteiger partial charge < -0.3 is 14.5 Å². The molecule has 0 saturated carbocycles. The normalized spacial score (nSPS) is 16.0. The number of rotatable bonds is 5. The summed E-state index contributed by atoms with van der Waals surface area (Å²) in [5, 5.41) is 3.02. The third-order valence-corrected chi connectivity index (χ3v) is 6.99. The van der Waals surface area contributed by atoms with E-state index in [1.54, 1.807) is 7.11 Å². The Morgan fingerprint density at radius 1 is 1.06 bits per heavy atom. The quantitative estimate of drug-likeness (QED) is 0.426. The van der Waals surface area contributed by atoms with Gasteiger partial charge in [0.15, 0.2) is 0 Å². The Hall–Kier alpha value is -3.31. The third kappa shape index (κ3) is 4.16. The summed E-state index contributed by atoms with van der Waals surface area (Å²) in [7, 11) is 1.63. The zero-order valence-corrected chi connectivity index (χ0v) is 20.5. The maximum absolute atomic E-state index is 6.62. The molecule has 0 radical (unpaired) electrons. The first-order valence-corrected chi connectivity index (χ1v) is 12.1. The Bertz CT molecular complexity index is 1300. The lowest BCUT2D eigenvalue weighted by Crippen LogP contribution is -2.46. The van der Waals surface area contributed by atoms with E-state index >= 15 is 0 Å². The first kappa shape index (κ1) is 22.5. The number of aromatic nitrogens is 2. The second-order valence-electron chi connectivity index (χ2n) is 8.68. The Morgan fingerprint density at radius 3 is 2.56 bits per heavy atom. The molecule has 1 aliphatic carbocycles. The van der Waals surface area contributed by atoms with Gasteiger partial charge in [-0.3, -0.25) is 0 Å². The maximum atomic E-state index is 6.62. The second-order valence-corrected chi connectivity index (χ2v) is 9.08. The van der Waals surface area contributed by atoms with Crippen LogP contribution in [0.15, 0.2) is 60.8 Å². The number of fused-ring (bicyclic) bond motifs is 2. The zero-order chi connectivity index (χ0) is 23.7. The second kappa shape index (κ2) is 9.51. The van der Waals surface area contributed by atoms with Crippen LogP contribution in [0.1, 0.15) is 30.2 Å². The van der Waals surface area contributed by atoms with Crippen molar-refractivity contribution in [2.45, 2.75) is 19.8 Å². The molecule has 5 rings (SSSR count). The predicted octanol–water partition coefficient (Wildman–Crippen LogP) is 5.99. The molecule has 2 heterocycles. The summed E-state index contributed by atoms with van der Waals surface area (Å²) >= 11 is 6.62. The molecule has 3 aromatic rings. The van der Waals surface area contributed by atoms with Crippen molar-refractivity contribution in [2.75, 3.05) is 38.2 Å². The summed E-state index contributed by atoms with van der Waals surface area (Å²) < 4.78 is 5.50. The van der Waals surface area contributed by atoms with E-state index in [1.165, 1.54) is 16.7 Å². The summed E-state index contributed by atoms with van der Waals surface area (Å²) in [6, 6.07) is 12.8. The third-order valence-electron chi connectivity index (χ3n) is 6.68. The number of allylic oxidation sites excluding steroid dienone is 3. The van der Waals surface area contributed by atoms with Crippen molar-refractivity contribution in [3.63, 3.8) is 0 Å².